The van der Waals surface area contributed by atoms with Crippen molar-refractivity contribution in [2.75, 3.05) is 18.4 Å². The fraction of sp³-hybridized carbons (Fsp3) is 0.263. The second-order valence-electron chi connectivity index (χ2n) is 6.08. The van der Waals surface area contributed by atoms with Crippen LogP contribution in [0, 0.1) is 0 Å². The predicted molar refractivity (Wildman–Crippen MR) is 108 cm³/mol. The molecule has 0 aliphatic heterocycles. The van der Waals surface area contributed by atoms with E-state index >= 15 is 0 Å². The van der Waals surface area contributed by atoms with Gasteiger partial charge in [-0.25, -0.2) is 8.42 Å². The second kappa shape index (κ2) is 8.30. The molecule has 28 heavy (non-hydrogen) atoms. The zero-order valence-electron chi connectivity index (χ0n) is 15.5. The Morgan fingerprint density at radius 1 is 1.18 bits per heavy atom. The number of carbonyl (C=O) groups excluding carboxylic acids is 1. The molecule has 2 aromatic carbocycles. The fourth-order valence-electron chi connectivity index (χ4n) is 2.90. The lowest BCUT2D eigenvalue weighted by Gasteiger charge is -2.19. The molecule has 0 spiro atoms. The molecule has 0 aliphatic rings. The van der Waals surface area contributed by atoms with Crippen molar-refractivity contribution in [2.45, 2.75) is 25.2 Å². The molecule has 3 aromatic rings. The van der Waals surface area contributed by atoms with Crippen LogP contribution >= 0.6 is 11.6 Å². The highest BCUT2D eigenvalue weighted by molar-refractivity contribution is 7.89. The summed E-state index contributed by atoms with van der Waals surface area (Å²) in [7, 11) is -3.75. The number of aromatic nitrogens is 1. The number of hydrogen-bond acceptors (Lipinski definition) is 5. The summed E-state index contributed by atoms with van der Waals surface area (Å²) in [6.45, 7) is 4.15. The quantitative estimate of drug-likeness (QED) is 0.628. The van der Waals surface area contributed by atoms with Crippen molar-refractivity contribution in [1.29, 1.82) is 0 Å². The van der Waals surface area contributed by atoms with Crippen molar-refractivity contribution < 1.29 is 17.7 Å². The molecule has 1 amide bonds. The van der Waals surface area contributed by atoms with Crippen LogP contribution < -0.4 is 5.32 Å². The van der Waals surface area contributed by atoms with Gasteiger partial charge >= 0.3 is 0 Å². The second-order valence-corrected chi connectivity index (χ2v) is 8.40. The van der Waals surface area contributed by atoms with E-state index < -0.39 is 10.0 Å². The molecule has 0 aliphatic carbocycles. The molecule has 7 nitrogen and oxygen atoms in total. The predicted octanol–water partition coefficient (Wildman–Crippen LogP) is 3.69. The van der Waals surface area contributed by atoms with E-state index in [2.05, 4.69) is 10.5 Å². The number of amides is 1. The number of anilines is 1. The van der Waals surface area contributed by atoms with Gasteiger partial charge in [0.05, 0.1) is 11.4 Å². The van der Waals surface area contributed by atoms with Gasteiger partial charge in [0, 0.05) is 24.2 Å². The van der Waals surface area contributed by atoms with Gasteiger partial charge in [-0.05, 0) is 30.3 Å². The molecule has 0 radical (unpaired) electrons. The van der Waals surface area contributed by atoms with E-state index in [1.807, 2.05) is 18.2 Å². The molecule has 148 valence electrons. The fourth-order valence-corrected chi connectivity index (χ4v) is 4.86. The van der Waals surface area contributed by atoms with E-state index in [-0.39, 0.29) is 22.2 Å². The average Bonchev–Trinajstić information content (AvgIpc) is 3.07. The molecule has 0 unspecified atom stereocenters. The molecule has 1 heterocycles. The maximum Gasteiger partial charge on any atom is 0.244 e. The molecule has 0 saturated heterocycles. The summed E-state index contributed by atoms with van der Waals surface area (Å²) in [5.74, 6) is -0.340. The highest BCUT2D eigenvalue weighted by Gasteiger charge is 2.25. The van der Waals surface area contributed by atoms with E-state index in [0.29, 0.717) is 30.1 Å². The Bertz CT molecular complexity index is 1110. The van der Waals surface area contributed by atoms with Gasteiger partial charge in [-0.2, -0.15) is 4.31 Å². The normalized spacial score (nSPS) is 11.9. The number of sulfonamides is 1. The van der Waals surface area contributed by atoms with Crippen LogP contribution in [0.15, 0.2) is 51.9 Å². The Morgan fingerprint density at radius 2 is 1.89 bits per heavy atom. The first-order valence-corrected chi connectivity index (χ1v) is 10.6. The van der Waals surface area contributed by atoms with Gasteiger partial charge < -0.3 is 9.84 Å². The Hall–Kier alpha value is -2.42. The highest BCUT2D eigenvalue weighted by atomic mass is 35.5. The zero-order valence-corrected chi connectivity index (χ0v) is 17.0. The topological polar surface area (TPSA) is 92.5 Å². The smallest absolute Gasteiger partial charge is 0.244 e. The molecule has 0 saturated carbocycles. The number of halogens is 1. The third-order valence-corrected chi connectivity index (χ3v) is 6.85. The number of benzene rings is 2. The number of rotatable bonds is 7. The van der Waals surface area contributed by atoms with Gasteiger partial charge in [0.2, 0.25) is 15.9 Å². The van der Waals surface area contributed by atoms with Crippen LogP contribution in [0.5, 0.6) is 0 Å². The minimum Gasteiger partial charge on any atom is -0.356 e. The van der Waals surface area contributed by atoms with Crippen molar-refractivity contribution in [3.8, 4) is 0 Å². The molecule has 1 N–H and O–H groups in total. The van der Waals surface area contributed by atoms with Gasteiger partial charge in [-0.15, -0.1) is 0 Å². The van der Waals surface area contributed by atoms with Gasteiger partial charge in [0.1, 0.15) is 10.6 Å². The molecular weight excluding hydrogens is 402 g/mol. The maximum absolute atomic E-state index is 12.8. The van der Waals surface area contributed by atoms with Crippen molar-refractivity contribution >= 4 is 44.2 Å². The largest absolute Gasteiger partial charge is 0.356 e. The first-order chi connectivity index (χ1) is 13.4. The number of fused-ring (bicyclic) bond motifs is 1. The SMILES string of the molecule is CCN(CC)S(=O)(=O)c1cc(NC(=O)Cc2noc3ccccc23)ccc1Cl. The van der Waals surface area contributed by atoms with Crippen LogP contribution in [0.3, 0.4) is 0 Å². The summed E-state index contributed by atoms with van der Waals surface area (Å²) in [5, 5.41) is 7.50. The van der Waals surface area contributed by atoms with Crippen molar-refractivity contribution in [2.24, 2.45) is 0 Å². The van der Waals surface area contributed by atoms with Gasteiger partial charge in [0.25, 0.3) is 0 Å². The zero-order chi connectivity index (χ0) is 20.3. The van der Waals surface area contributed by atoms with E-state index in [1.165, 1.54) is 16.4 Å². The van der Waals surface area contributed by atoms with Crippen LogP contribution in [0.2, 0.25) is 5.02 Å². The van der Waals surface area contributed by atoms with Crippen LogP contribution in [0.4, 0.5) is 5.69 Å². The lowest BCUT2D eigenvalue weighted by atomic mass is 10.1. The summed E-state index contributed by atoms with van der Waals surface area (Å²) in [6, 6.07) is 11.6. The first kappa shape index (κ1) is 20.3. The van der Waals surface area contributed by atoms with Crippen molar-refractivity contribution in [1.82, 2.24) is 9.46 Å². The summed E-state index contributed by atoms with van der Waals surface area (Å²) in [5.41, 5.74) is 1.45. The van der Waals surface area contributed by atoms with Crippen LogP contribution in [0.1, 0.15) is 19.5 Å². The number of nitrogens with zero attached hydrogens (tertiary/aromatic N) is 2. The van der Waals surface area contributed by atoms with Crippen molar-refractivity contribution in [3.63, 3.8) is 0 Å². The maximum atomic E-state index is 12.8. The summed E-state index contributed by atoms with van der Waals surface area (Å²) >= 11 is 6.11. The van der Waals surface area contributed by atoms with E-state index in [9.17, 15) is 13.2 Å². The molecule has 0 atom stereocenters. The average molecular weight is 422 g/mol. The monoisotopic (exact) mass is 421 g/mol. The number of hydrogen-bond donors (Lipinski definition) is 1. The Labute approximate surface area is 168 Å². The summed E-state index contributed by atoms with van der Waals surface area (Å²) in [6.07, 6.45) is -0.00221. The van der Waals surface area contributed by atoms with Crippen LogP contribution in [-0.4, -0.2) is 36.9 Å². The molecule has 0 bridgehead atoms. The standard InChI is InChI=1S/C19H20ClN3O4S/c1-3-23(4-2)28(25,26)18-11-13(9-10-15(18)20)21-19(24)12-16-14-7-5-6-8-17(14)27-22-16/h5-11H,3-4,12H2,1-2H3,(H,21,24). The number of para-hydroxylation sites is 1. The summed E-state index contributed by atoms with van der Waals surface area (Å²) in [4.78, 5) is 12.4. The number of carbonyl (C=O) groups is 1. The van der Waals surface area contributed by atoms with Gasteiger partial charge in [0.15, 0.2) is 5.58 Å². The van der Waals surface area contributed by atoms with Crippen LogP contribution in [0.25, 0.3) is 11.0 Å². The van der Waals surface area contributed by atoms with Gasteiger partial charge in [-0.3, -0.25) is 4.79 Å². The highest BCUT2D eigenvalue weighted by Crippen LogP contribution is 2.28. The van der Waals surface area contributed by atoms with Crippen molar-refractivity contribution in [3.05, 3.63) is 53.2 Å². The molecule has 3 rings (SSSR count). The first-order valence-electron chi connectivity index (χ1n) is 8.79. The molecular formula is C19H20ClN3O4S. The third kappa shape index (κ3) is 4.04. The van der Waals surface area contributed by atoms with E-state index in [0.717, 1.165) is 5.39 Å². The minimum atomic E-state index is -3.75. The van der Waals surface area contributed by atoms with Crippen LogP contribution in [-0.2, 0) is 21.2 Å². The summed E-state index contributed by atoms with van der Waals surface area (Å²) < 4.78 is 32.0. The molecule has 1 aromatic heterocycles. The minimum absolute atomic E-state index is 0.00221. The van der Waals surface area contributed by atoms with E-state index in [4.69, 9.17) is 16.1 Å². The lowest BCUT2D eigenvalue weighted by molar-refractivity contribution is -0.115. The Kier molecular flexibility index (Phi) is 6.02. The lowest BCUT2D eigenvalue weighted by Crippen LogP contribution is -2.31. The number of nitrogens with one attached hydrogen (secondary N) is 1. The molecule has 9 heteroatoms. The third-order valence-electron chi connectivity index (χ3n) is 4.32. The Balaban J connectivity index is 1.82. The van der Waals surface area contributed by atoms with Gasteiger partial charge in [-0.1, -0.05) is 42.7 Å². The molecule has 0 fully saturated rings. The van der Waals surface area contributed by atoms with E-state index in [1.54, 1.807) is 26.0 Å². The Morgan fingerprint density at radius 3 is 2.61 bits per heavy atom.